The lowest BCUT2D eigenvalue weighted by Gasteiger charge is -2.17. The average molecular weight is 375 g/mol. The number of aromatic nitrogens is 2. The molecule has 1 heterocycles. The Morgan fingerprint density at radius 1 is 1.23 bits per heavy atom. The fraction of sp³-hybridized carbons (Fsp3) is 0.526. The van der Waals surface area contributed by atoms with E-state index < -0.39 is 0 Å². The van der Waals surface area contributed by atoms with E-state index in [0.29, 0.717) is 17.7 Å². The van der Waals surface area contributed by atoms with Crippen molar-refractivity contribution >= 4 is 17.7 Å². The van der Waals surface area contributed by atoms with Crippen LogP contribution in [-0.4, -0.2) is 35.5 Å². The van der Waals surface area contributed by atoms with Gasteiger partial charge in [-0.05, 0) is 37.0 Å². The van der Waals surface area contributed by atoms with Gasteiger partial charge in [0.2, 0.25) is 11.8 Å². The summed E-state index contributed by atoms with van der Waals surface area (Å²) in [5.41, 5.74) is 1.16. The Kier molecular flexibility index (Phi) is 6.94. The molecule has 0 saturated heterocycles. The predicted molar refractivity (Wildman–Crippen MR) is 101 cm³/mol. The summed E-state index contributed by atoms with van der Waals surface area (Å²) in [6, 6.07) is 7.86. The van der Waals surface area contributed by atoms with Crippen LogP contribution in [0.1, 0.15) is 49.5 Å². The van der Waals surface area contributed by atoms with Crippen LogP contribution in [0.15, 0.2) is 33.9 Å². The lowest BCUT2D eigenvalue weighted by atomic mass is 9.89. The summed E-state index contributed by atoms with van der Waals surface area (Å²) < 4.78 is 10.9. The van der Waals surface area contributed by atoms with Gasteiger partial charge in [0.1, 0.15) is 5.75 Å². The van der Waals surface area contributed by atoms with E-state index in [1.165, 1.54) is 31.0 Å². The van der Waals surface area contributed by atoms with E-state index in [4.69, 9.17) is 9.15 Å². The van der Waals surface area contributed by atoms with Gasteiger partial charge in [-0.1, -0.05) is 43.2 Å². The molecule has 0 bridgehead atoms. The lowest BCUT2D eigenvalue weighted by molar-refractivity contribution is -0.118. The normalized spacial score (nSPS) is 15.0. The van der Waals surface area contributed by atoms with Crippen molar-refractivity contribution in [2.24, 2.45) is 0 Å². The third-order valence-corrected chi connectivity index (χ3v) is 5.42. The van der Waals surface area contributed by atoms with E-state index in [2.05, 4.69) is 15.5 Å². The van der Waals surface area contributed by atoms with Gasteiger partial charge in [-0.15, -0.1) is 10.2 Å². The summed E-state index contributed by atoms with van der Waals surface area (Å²) in [6.45, 7) is 0.600. The lowest BCUT2D eigenvalue weighted by Crippen LogP contribution is -2.27. The first-order valence-electron chi connectivity index (χ1n) is 9.10. The van der Waals surface area contributed by atoms with Crippen molar-refractivity contribution in [2.75, 3.05) is 19.4 Å². The molecule has 1 saturated carbocycles. The van der Waals surface area contributed by atoms with Crippen molar-refractivity contribution in [1.82, 2.24) is 15.5 Å². The molecule has 0 unspecified atom stereocenters. The van der Waals surface area contributed by atoms with Crippen molar-refractivity contribution in [1.29, 1.82) is 0 Å². The van der Waals surface area contributed by atoms with Gasteiger partial charge < -0.3 is 14.5 Å². The van der Waals surface area contributed by atoms with Gasteiger partial charge in [0.15, 0.2) is 0 Å². The Labute approximate surface area is 158 Å². The maximum absolute atomic E-state index is 12.0. The van der Waals surface area contributed by atoms with Gasteiger partial charge >= 0.3 is 0 Å². The Bertz CT molecular complexity index is 696. The second kappa shape index (κ2) is 9.62. The van der Waals surface area contributed by atoms with E-state index in [0.717, 1.165) is 36.5 Å². The number of carbonyl (C=O) groups excluding carboxylic acids is 1. The molecular weight excluding hydrogens is 350 g/mol. The van der Waals surface area contributed by atoms with Crippen LogP contribution in [0.25, 0.3) is 0 Å². The van der Waals surface area contributed by atoms with Crippen molar-refractivity contribution < 1.29 is 13.9 Å². The minimum Gasteiger partial charge on any atom is -0.497 e. The van der Waals surface area contributed by atoms with Gasteiger partial charge in [0, 0.05) is 12.5 Å². The summed E-state index contributed by atoms with van der Waals surface area (Å²) in [5.74, 6) is 2.22. The highest BCUT2D eigenvalue weighted by atomic mass is 32.2. The Hall–Kier alpha value is -2.02. The van der Waals surface area contributed by atoms with Crippen LogP contribution in [0.2, 0.25) is 0 Å². The summed E-state index contributed by atoms with van der Waals surface area (Å²) in [7, 11) is 1.65. The number of thioether (sulfide) groups is 1. The first-order valence-corrected chi connectivity index (χ1v) is 10.1. The molecule has 6 nitrogen and oxygen atoms in total. The molecule has 1 N–H and O–H groups in total. The maximum atomic E-state index is 12.0. The molecule has 3 rings (SSSR count). The van der Waals surface area contributed by atoms with Crippen LogP contribution >= 0.6 is 11.8 Å². The van der Waals surface area contributed by atoms with Crippen LogP contribution in [0.5, 0.6) is 5.75 Å². The first-order chi connectivity index (χ1) is 12.7. The summed E-state index contributed by atoms with van der Waals surface area (Å²) in [5, 5.41) is 11.6. The maximum Gasteiger partial charge on any atom is 0.277 e. The molecule has 1 fully saturated rings. The molecular formula is C19H25N3O3S. The molecule has 1 amide bonds. The van der Waals surface area contributed by atoms with Crippen LogP contribution < -0.4 is 10.1 Å². The zero-order chi connectivity index (χ0) is 18.2. The number of carbonyl (C=O) groups is 1. The quantitative estimate of drug-likeness (QED) is 0.711. The van der Waals surface area contributed by atoms with Crippen molar-refractivity contribution in [3.05, 3.63) is 35.7 Å². The largest absolute Gasteiger partial charge is 0.497 e. The van der Waals surface area contributed by atoms with Gasteiger partial charge in [-0.2, -0.15) is 0 Å². The van der Waals surface area contributed by atoms with E-state index in [-0.39, 0.29) is 11.7 Å². The zero-order valence-corrected chi connectivity index (χ0v) is 15.9. The SMILES string of the molecule is COc1ccc(CCNC(=O)CSc2nnc(C3CCCCC3)o2)cc1. The predicted octanol–water partition coefficient (Wildman–Crippen LogP) is 3.58. The second-order valence-electron chi connectivity index (χ2n) is 6.48. The van der Waals surface area contributed by atoms with E-state index in [9.17, 15) is 4.79 Å². The van der Waals surface area contributed by atoms with Crippen molar-refractivity contribution in [3.63, 3.8) is 0 Å². The Balaban J connectivity index is 1.36. The number of ether oxygens (including phenoxy) is 1. The number of methoxy groups -OCH3 is 1. The molecule has 140 valence electrons. The third kappa shape index (κ3) is 5.49. The fourth-order valence-corrected chi connectivity index (χ4v) is 3.71. The van der Waals surface area contributed by atoms with Gasteiger partial charge in [0.25, 0.3) is 5.22 Å². The number of hydrogen-bond acceptors (Lipinski definition) is 6. The van der Waals surface area contributed by atoms with Crippen molar-refractivity contribution in [3.8, 4) is 5.75 Å². The van der Waals surface area contributed by atoms with Crippen molar-refractivity contribution in [2.45, 2.75) is 49.7 Å². The molecule has 2 aromatic rings. The number of nitrogens with zero attached hydrogens (tertiary/aromatic N) is 2. The summed E-state index contributed by atoms with van der Waals surface area (Å²) in [4.78, 5) is 12.0. The standard InChI is InChI=1S/C19H25N3O3S/c1-24-16-9-7-14(8-10-16)11-12-20-17(23)13-26-19-22-21-18(25-19)15-5-3-2-4-6-15/h7-10,15H,2-6,11-13H2,1H3,(H,20,23). The number of rotatable bonds is 8. The smallest absolute Gasteiger partial charge is 0.277 e. The molecule has 1 aromatic carbocycles. The molecule has 0 atom stereocenters. The molecule has 1 aliphatic rings. The van der Waals surface area contributed by atoms with E-state index >= 15 is 0 Å². The van der Waals surface area contributed by atoms with Crippen LogP contribution in [0.4, 0.5) is 0 Å². The van der Waals surface area contributed by atoms with E-state index in [1.807, 2.05) is 24.3 Å². The average Bonchev–Trinajstić information content (AvgIpc) is 3.17. The van der Waals surface area contributed by atoms with Gasteiger partial charge in [-0.25, -0.2) is 0 Å². The van der Waals surface area contributed by atoms with Crippen LogP contribution in [0.3, 0.4) is 0 Å². The highest BCUT2D eigenvalue weighted by Crippen LogP contribution is 2.32. The topological polar surface area (TPSA) is 77.2 Å². The number of benzene rings is 1. The minimum atomic E-state index is -0.0269. The van der Waals surface area contributed by atoms with Gasteiger partial charge in [0.05, 0.1) is 12.9 Å². The first kappa shape index (κ1) is 18.8. The molecule has 7 heteroatoms. The second-order valence-corrected chi connectivity index (χ2v) is 7.40. The number of nitrogens with one attached hydrogen (secondary N) is 1. The van der Waals surface area contributed by atoms with Crippen LogP contribution in [-0.2, 0) is 11.2 Å². The molecule has 26 heavy (non-hydrogen) atoms. The summed E-state index contributed by atoms with van der Waals surface area (Å²) in [6.07, 6.45) is 6.78. The molecule has 1 aliphatic carbocycles. The zero-order valence-electron chi connectivity index (χ0n) is 15.1. The monoisotopic (exact) mass is 375 g/mol. The molecule has 0 radical (unpaired) electrons. The molecule has 0 aliphatic heterocycles. The Morgan fingerprint density at radius 3 is 2.73 bits per heavy atom. The van der Waals surface area contributed by atoms with Crippen LogP contribution in [0, 0.1) is 0 Å². The number of amides is 1. The highest BCUT2D eigenvalue weighted by molar-refractivity contribution is 7.99. The molecule has 0 spiro atoms. The highest BCUT2D eigenvalue weighted by Gasteiger charge is 2.21. The third-order valence-electron chi connectivity index (χ3n) is 4.60. The minimum absolute atomic E-state index is 0.0269. The fourth-order valence-electron chi connectivity index (χ4n) is 3.11. The molecule has 1 aromatic heterocycles. The van der Waals surface area contributed by atoms with E-state index in [1.54, 1.807) is 7.11 Å². The summed E-state index contributed by atoms with van der Waals surface area (Å²) >= 11 is 1.30. The number of hydrogen-bond donors (Lipinski definition) is 1. The van der Waals surface area contributed by atoms with Gasteiger partial charge in [-0.3, -0.25) is 4.79 Å². The Morgan fingerprint density at radius 2 is 2.00 bits per heavy atom.